The van der Waals surface area contributed by atoms with E-state index in [9.17, 15) is 14.4 Å². The highest BCUT2D eigenvalue weighted by atomic mass is 16.6. The van der Waals surface area contributed by atoms with Crippen LogP contribution in [0.2, 0.25) is 0 Å². The Balaban J connectivity index is 2.44. The maximum absolute atomic E-state index is 11.6. The number of anilines is 1. The summed E-state index contributed by atoms with van der Waals surface area (Å²) in [5.41, 5.74) is 0.972. The van der Waals surface area contributed by atoms with Crippen LogP contribution in [0.5, 0.6) is 0 Å². The highest BCUT2D eigenvalue weighted by Crippen LogP contribution is 2.10. The average molecular weight is 279 g/mol. The van der Waals surface area contributed by atoms with E-state index in [4.69, 9.17) is 9.47 Å². The highest BCUT2D eigenvalue weighted by molar-refractivity contribution is 5.97. The van der Waals surface area contributed by atoms with Crippen molar-refractivity contribution in [2.75, 3.05) is 25.1 Å². The fourth-order valence-corrected chi connectivity index (χ4v) is 1.39. The van der Waals surface area contributed by atoms with Gasteiger partial charge in [-0.2, -0.15) is 0 Å². The smallest absolute Gasteiger partial charge is 0.332 e. The molecule has 0 saturated carbocycles. The van der Waals surface area contributed by atoms with Crippen molar-refractivity contribution in [3.63, 3.8) is 0 Å². The summed E-state index contributed by atoms with van der Waals surface area (Å²) in [7, 11) is 0. The number of rotatable bonds is 7. The van der Waals surface area contributed by atoms with Crippen LogP contribution in [0.15, 0.2) is 24.3 Å². The van der Waals surface area contributed by atoms with Crippen molar-refractivity contribution in [2.24, 2.45) is 0 Å². The summed E-state index contributed by atoms with van der Waals surface area (Å²) in [5.74, 6) is -1.17. The Labute approximate surface area is 117 Å². The largest absolute Gasteiger partial charge is 0.454 e. The Morgan fingerprint density at radius 1 is 1.20 bits per heavy atom. The van der Waals surface area contributed by atoms with E-state index in [1.165, 1.54) is 6.92 Å². The van der Waals surface area contributed by atoms with Gasteiger partial charge in [0.15, 0.2) is 12.4 Å². The molecular weight excluding hydrogens is 262 g/mol. The van der Waals surface area contributed by atoms with Crippen LogP contribution in [0.4, 0.5) is 5.69 Å². The van der Waals surface area contributed by atoms with E-state index < -0.39 is 18.5 Å². The monoisotopic (exact) mass is 279 g/mol. The van der Waals surface area contributed by atoms with Crippen molar-refractivity contribution >= 4 is 23.3 Å². The molecule has 0 aliphatic carbocycles. The second kappa shape index (κ2) is 8.06. The van der Waals surface area contributed by atoms with Gasteiger partial charge < -0.3 is 14.8 Å². The molecule has 0 aromatic heterocycles. The van der Waals surface area contributed by atoms with E-state index in [0.29, 0.717) is 17.9 Å². The first kappa shape index (κ1) is 15.8. The fraction of sp³-hybridized carbons (Fsp3) is 0.357. The van der Waals surface area contributed by atoms with Crippen molar-refractivity contribution in [1.82, 2.24) is 0 Å². The summed E-state index contributed by atoms with van der Waals surface area (Å²) in [6, 6.07) is 6.52. The molecule has 6 heteroatoms. The summed E-state index contributed by atoms with van der Waals surface area (Å²) in [4.78, 5) is 33.9. The van der Waals surface area contributed by atoms with Gasteiger partial charge in [-0.15, -0.1) is 0 Å². The topological polar surface area (TPSA) is 81.7 Å². The molecular formula is C14H17NO5. The molecule has 0 radical (unpaired) electrons. The number of nitrogens with one attached hydrogen (secondary N) is 1. The van der Waals surface area contributed by atoms with Crippen LogP contribution in [0.3, 0.4) is 0 Å². The maximum Gasteiger partial charge on any atom is 0.332 e. The molecule has 1 aromatic rings. The number of amides is 1. The number of hydrogen-bond donors (Lipinski definition) is 1. The quantitative estimate of drug-likeness (QED) is 0.602. The number of ether oxygens (including phenoxy) is 2. The Morgan fingerprint density at radius 3 is 2.60 bits per heavy atom. The van der Waals surface area contributed by atoms with E-state index in [0.717, 1.165) is 0 Å². The van der Waals surface area contributed by atoms with Crippen LogP contribution >= 0.6 is 0 Å². The molecule has 0 aliphatic rings. The van der Waals surface area contributed by atoms with E-state index in [-0.39, 0.29) is 12.4 Å². The van der Waals surface area contributed by atoms with Gasteiger partial charge in [0.2, 0.25) is 0 Å². The van der Waals surface area contributed by atoms with Gasteiger partial charge in [0.05, 0.1) is 0 Å². The minimum absolute atomic E-state index is 0.0933. The number of Topliss-reactive ketones (excluding diaryl/α,β-unsaturated/α-hetero) is 1. The average Bonchev–Trinajstić information content (AvgIpc) is 2.43. The molecule has 0 unspecified atom stereocenters. The molecule has 1 aromatic carbocycles. The summed E-state index contributed by atoms with van der Waals surface area (Å²) in [6.45, 7) is 3.03. The Bertz CT molecular complexity index is 498. The minimum Gasteiger partial charge on any atom is -0.454 e. The second-order valence-corrected chi connectivity index (χ2v) is 3.98. The first-order valence-corrected chi connectivity index (χ1v) is 6.17. The molecule has 0 fully saturated rings. The number of carbonyl (C=O) groups excluding carboxylic acids is 3. The third-order valence-corrected chi connectivity index (χ3v) is 2.34. The fourth-order valence-electron chi connectivity index (χ4n) is 1.39. The molecule has 0 atom stereocenters. The van der Waals surface area contributed by atoms with Crippen molar-refractivity contribution < 1.29 is 23.9 Å². The van der Waals surface area contributed by atoms with E-state index in [1.54, 1.807) is 31.2 Å². The second-order valence-electron chi connectivity index (χ2n) is 3.98. The first-order valence-electron chi connectivity index (χ1n) is 6.17. The summed E-state index contributed by atoms with van der Waals surface area (Å²) in [6.07, 6.45) is 0. The van der Waals surface area contributed by atoms with Gasteiger partial charge in [-0.3, -0.25) is 9.59 Å². The van der Waals surface area contributed by atoms with Gasteiger partial charge in [-0.05, 0) is 26.0 Å². The maximum atomic E-state index is 11.6. The Kier molecular flexibility index (Phi) is 6.39. The predicted octanol–water partition coefficient (Wildman–Crippen LogP) is 1.41. The van der Waals surface area contributed by atoms with Crippen molar-refractivity contribution in [3.8, 4) is 0 Å². The summed E-state index contributed by atoms with van der Waals surface area (Å²) in [5, 5.41) is 2.54. The normalized spacial score (nSPS) is 9.90. The number of benzene rings is 1. The van der Waals surface area contributed by atoms with Gasteiger partial charge in [-0.25, -0.2) is 4.79 Å². The zero-order valence-electron chi connectivity index (χ0n) is 11.5. The molecule has 1 rings (SSSR count). The van der Waals surface area contributed by atoms with Crippen molar-refractivity contribution in [3.05, 3.63) is 29.8 Å². The Morgan fingerprint density at radius 2 is 1.95 bits per heavy atom. The highest BCUT2D eigenvalue weighted by Gasteiger charge is 2.08. The van der Waals surface area contributed by atoms with Gasteiger partial charge in [0.1, 0.15) is 6.61 Å². The molecule has 0 bridgehead atoms. The van der Waals surface area contributed by atoms with Crippen LogP contribution in [0.1, 0.15) is 24.2 Å². The van der Waals surface area contributed by atoms with E-state index in [2.05, 4.69) is 5.32 Å². The van der Waals surface area contributed by atoms with Crippen molar-refractivity contribution in [2.45, 2.75) is 13.8 Å². The first-order chi connectivity index (χ1) is 9.52. The molecule has 108 valence electrons. The number of carbonyl (C=O) groups is 3. The number of hydrogen-bond acceptors (Lipinski definition) is 5. The third kappa shape index (κ3) is 5.62. The van der Waals surface area contributed by atoms with E-state index in [1.807, 2.05) is 0 Å². The predicted molar refractivity (Wildman–Crippen MR) is 72.5 cm³/mol. The number of ketones is 1. The molecule has 1 N–H and O–H groups in total. The van der Waals surface area contributed by atoms with Crippen LogP contribution in [0.25, 0.3) is 0 Å². The lowest BCUT2D eigenvalue weighted by molar-refractivity contribution is -0.151. The lowest BCUT2D eigenvalue weighted by Crippen LogP contribution is -2.23. The SMILES string of the molecule is CCOCC(=O)OCC(=O)Nc1cccc(C(C)=O)c1. The van der Waals surface area contributed by atoms with Gasteiger partial charge in [-0.1, -0.05) is 12.1 Å². The lowest BCUT2D eigenvalue weighted by atomic mass is 10.1. The van der Waals surface area contributed by atoms with E-state index >= 15 is 0 Å². The molecule has 0 aliphatic heterocycles. The molecule has 6 nitrogen and oxygen atoms in total. The molecule has 20 heavy (non-hydrogen) atoms. The summed E-state index contributed by atoms with van der Waals surface area (Å²) < 4.78 is 9.56. The standard InChI is InChI=1S/C14H17NO5/c1-3-19-9-14(18)20-8-13(17)15-12-6-4-5-11(7-12)10(2)16/h4-7H,3,8-9H2,1-2H3,(H,15,17). The van der Waals surface area contributed by atoms with Crippen LogP contribution in [-0.2, 0) is 19.1 Å². The van der Waals surface area contributed by atoms with Gasteiger partial charge >= 0.3 is 5.97 Å². The van der Waals surface area contributed by atoms with Crippen LogP contribution in [-0.4, -0.2) is 37.5 Å². The zero-order valence-corrected chi connectivity index (χ0v) is 11.5. The molecule has 1 amide bonds. The van der Waals surface area contributed by atoms with Crippen molar-refractivity contribution in [1.29, 1.82) is 0 Å². The minimum atomic E-state index is -0.598. The zero-order chi connectivity index (χ0) is 15.0. The molecule has 0 heterocycles. The van der Waals surface area contributed by atoms with Gasteiger partial charge in [0.25, 0.3) is 5.91 Å². The van der Waals surface area contributed by atoms with Crippen LogP contribution in [0, 0.1) is 0 Å². The lowest BCUT2D eigenvalue weighted by Gasteiger charge is -2.07. The number of esters is 1. The molecule has 0 spiro atoms. The summed E-state index contributed by atoms with van der Waals surface area (Å²) >= 11 is 0. The third-order valence-electron chi connectivity index (χ3n) is 2.34. The van der Waals surface area contributed by atoms with Crippen LogP contribution < -0.4 is 5.32 Å². The van der Waals surface area contributed by atoms with Gasteiger partial charge in [0, 0.05) is 17.9 Å². The Hall–Kier alpha value is -2.21. The molecule has 0 saturated heterocycles.